The fourth-order valence-corrected chi connectivity index (χ4v) is 6.02. The molecule has 1 saturated heterocycles. The number of pyridine rings is 1. The predicted molar refractivity (Wildman–Crippen MR) is 185 cm³/mol. The number of rotatable bonds is 11. The molecule has 1 fully saturated rings. The van der Waals surface area contributed by atoms with E-state index in [1.54, 1.807) is 4.52 Å². The fourth-order valence-electron chi connectivity index (χ4n) is 6.02. The molecule has 240 valence electrons. The van der Waals surface area contributed by atoms with E-state index in [4.69, 9.17) is 20.7 Å². The maximum Gasteiger partial charge on any atom is 0.230 e. The molecule has 3 aromatic heterocycles. The van der Waals surface area contributed by atoms with Crippen LogP contribution in [0.2, 0.25) is 0 Å². The summed E-state index contributed by atoms with van der Waals surface area (Å²) in [5, 5.41) is 13.3. The first-order chi connectivity index (χ1) is 22.3. The Labute approximate surface area is 270 Å². The number of hydrogen-bond acceptors (Lipinski definition) is 9. The number of amides is 1. The van der Waals surface area contributed by atoms with Crippen molar-refractivity contribution in [2.24, 2.45) is 5.73 Å². The van der Waals surface area contributed by atoms with Gasteiger partial charge in [-0.2, -0.15) is 19.6 Å². The number of nitrogens with one attached hydrogen (secondary N) is 2. The summed E-state index contributed by atoms with van der Waals surface area (Å²) in [6.45, 7) is 7.34. The highest BCUT2D eigenvalue weighted by Gasteiger charge is 2.22. The second-order valence-electron chi connectivity index (χ2n) is 12.7. The number of fused-ring (bicyclic) bond motifs is 2. The van der Waals surface area contributed by atoms with Gasteiger partial charge in [0.15, 0.2) is 5.65 Å². The predicted octanol–water partition coefficient (Wildman–Crippen LogP) is 5.28. The van der Waals surface area contributed by atoms with Gasteiger partial charge in [-0.25, -0.2) is 0 Å². The highest BCUT2D eigenvalue weighted by molar-refractivity contribution is 6.06. The van der Waals surface area contributed by atoms with Gasteiger partial charge in [0.05, 0.1) is 11.9 Å². The van der Waals surface area contributed by atoms with E-state index in [1.165, 1.54) is 0 Å². The number of nitrogens with two attached hydrogens (primary N) is 1. The van der Waals surface area contributed by atoms with Gasteiger partial charge in [-0.05, 0) is 63.5 Å². The van der Waals surface area contributed by atoms with Gasteiger partial charge in [0.1, 0.15) is 0 Å². The van der Waals surface area contributed by atoms with Gasteiger partial charge in [-0.3, -0.25) is 9.78 Å². The third kappa shape index (κ3) is 6.80. The average Bonchev–Trinajstić information content (AvgIpc) is 3.49. The van der Waals surface area contributed by atoms with Crippen LogP contribution in [0, 0.1) is 0 Å². The lowest BCUT2D eigenvalue weighted by atomic mass is 9.98. The van der Waals surface area contributed by atoms with Crippen LogP contribution in [0.3, 0.4) is 0 Å². The van der Waals surface area contributed by atoms with Gasteiger partial charge in [-0.15, -0.1) is 0 Å². The normalized spacial score (nSPS) is 14.1. The first-order valence-corrected chi connectivity index (χ1v) is 16.2. The van der Waals surface area contributed by atoms with E-state index >= 15 is 0 Å². The molecule has 1 amide bonds. The van der Waals surface area contributed by atoms with Crippen LogP contribution in [-0.4, -0.2) is 75.1 Å². The van der Waals surface area contributed by atoms with Crippen molar-refractivity contribution in [3.05, 3.63) is 72.1 Å². The molecule has 0 radical (unpaired) electrons. The van der Waals surface area contributed by atoms with Crippen LogP contribution in [-0.2, 0) is 11.3 Å². The summed E-state index contributed by atoms with van der Waals surface area (Å²) in [7, 11) is 4.03. The van der Waals surface area contributed by atoms with Crippen LogP contribution in [0.25, 0.3) is 27.7 Å². The molecule has 6 rings (SSSR count). The first-order valence-electron chi connectivity index (χ1n) is 16.2. The van der Waals surface area contributed by atoms with Crippen molar-refractivity contribution in [2.45, 2.75) is 58.0 Å². The summed E-state index contributed by atoms with van der Waals surface area (Å²) in [5.41, 5.74) is 11.8. The number of nitrogens with zero attached hydrogens (tertiary/aromatic N) is 7. The van der Waals surface area contributed by atoms with Gasteiger partial charge < -0.3 is 26.2 Å². The summed E-state index contributed by atoms with van der Waals surface area (Å²) in [6.07, 6.45) is 6.81. The van der Waals surface area contributed by atoms with E-state index in [0.29, 0.717) is 24.9 Å². The second-order valence-corrected chi connectivity index (χ2v) is 12.7. The molecule has 0 bridgehead atoms. The van der Waals surface area contributed by atoms with Crippen molar-refractivity contribution in [1.29, 1.82) is 0 Å². The largest absolute Gasteiger partial charge is 0.350 e. The molecule has 2 aromatic carbocycles. The Bertz CT molecular complexity index is 1820. The van der Waals surface area contributed by atoms with Crippen LogP contribution in [0.5, 0.6) is 0 Å². The molecule has 5 aromatic rings. The van der Waals surface area contributed by atoms with E-state index in [1.807, 2.05) is 56.8 Å². The summed E-state index contributed by atoms with van der Waals surface area (Å²) >= 11 is 0. The fraction of sp³-hybridized carbons (Fsp3) is 0.400. The van der Waals surface area contributed by atoms with Crippen molar-refractivity contribution in [3.8, 4) is 11.3 Å². The Hall–Kier alpha value is -4.61. The molecule has 0 saturated carbocycles. The van der Waals surface area contributed by atoms with E-state index in [-0.39, 0.29) is 17.9 Å². The molecule has 0 aliphatic carbocycles. The number of aromatic nitrogens is 5. The molecule has 1 aliphatic heterocycles. The first kappa shape index (κ1) is 31.4. The zero-order valence-corrected chi connectivity index (χ0v) is 27.2. The molecule has 0 atom stereocenters. The Morgan fingerprint density at radius 1 is 1.04 bits per heavy atom. The SMILES string of the molecule is CC(C)c1cnn2c(NCc3ccccc3-c3nccc4c(NC(=O)CCCN(C)C)cccc34)nc(N3CCC(N)CC3)nc12. The molecular weight excluding hydrogens is 576 g/mol. The van der Waals surface area contributed by atoms with Crippen LogP contribution < -0.4 is 21.3 Å². The van der Waals surface area contributed by atoms with Gasteiger partial charge >= 0.3 is 0 Å². The van der Waals surface area contributed by atoms with Crippen LogP contribution in [0.15, 0.2) is 60.9 Å². The van der Waals surface area contributed by atoms with Crippen molar-refractivity contribution in [2.75, 3.05) is 49.3 Å². The Morgan fingerprint density at radius 3 is 2.63 bits per heavy atom. The Kier molecular flexibility index (Phi) is 9.41. The summed E-state index contributed by atoms with van der Waals surface area (Å²) in [5.74, 6) is 1.62. The number of benzene rings is 2. The lowest BCUT2D eigenvalue weighted by Gasteiger charge is -2.30. The zero-order valence-electron chi connectivity index (χ0n) is 27.2. The summed E-state index contributed by atoms with van der Waals surface area (Å²) in [4.78, 5) is 31.8. The molecule has 0 spiro atoms. The van der Waals surface area contributed by atoms with E-state index < -0.39 is 0 Å². The second kappa shape index (κ2) is 13.8. The standard InChI is InChI=1S/C35H44N10O/c1-23(2)29-22-39-45-33(29)41-35(44-19-15-25(36)16-20-44)42-34(45)38-21-24-9-5-6-10-26(24)32-28-11-7-12-30(27(28)14-17-37-32)40-31(46)13-8-18-43(3)4/h5-7,9-12,14,17,22-23,25H,8,13,15-16,18-21,36H2,1-4H3,(H,40,46)(H,38,41,42). The quantitative estimate of drug-likeness (QED) is 0.181. The Morgan fingerprint density at radius 2 is 1.85 bits per heavy atom. The molecule has 4 N–H and O–H groups in total. The molecule has 4 heterocycles. The number of carbonyl (C=O) groups excluding carboxylic acids is 1. The van der Waals surface area contributed by atoms with Crippen molar-refractivity contribution < 1.29 is 4.79 Å². The molecule has 0 unspecified atom stereocenters. The average molecular weight is 621 g/mol. The molecule has 46 heavy (non-hydrogen) atoms. The van der Waals surface area contributed by atoms with Gasteiger partial charge in [-0.1, -0.05) is 50.2 Å². The van der Waals surface area contributed by atoms with Crippen molar-refractivity contribution in [1.82, 2.24) is 29.5 Å². The van der Waals surface area contributed by atoms with Gasteiger partial charge in [0.25, 0.3) is 0 Å². The topological polar surface area (TPSA) is 130 Å². The summed E-state index contributed by atoms with van der Waals surface area (Å²) in [6, 6.07) is 16.4. The molecular formula is C35H44N10O. The lowest BCUT2D eigenvalue weighted by molar-refractivity contribution is -0.116. The summed E-state index contributed by atoms with van der Waals surface area (Å²) < 4.78 is 1.81. The highest BCUT2D eigenvalue weighted by Crippen LogP contribution is 2.33. The minimum absolute atomic E-state index is 0.0134. The van der Waals surface area contributed by atoms with E-state index in [9.17, 15) is 4.79 Å². The number of piperidine rings is 1. The maximum atomic E-state index is 12.8. The van der Waals surface area contributed by atoms with E-state index in [2.05, 4.69) is 57.6 Å². The number of hydrogen-bond donors (Lipinski definition) is 3. The van der Waals surface area contributed by atoms with Crippen LogP contribution in [0.1, 0.15) is 56.6 Å². The highest BCUT2D eigenvalue weighted by atomic mass is 16.1. The van der Waals surface area contributed by atoms with Gasteiger partial charge in [0, 0.05) is 65.9 Å². The Balaban J connectivity index is 1.30. The zero-order chi connectivity index (χ0) is 32.2. The maximum absolute atomic E-state index is 12.8. The minimum Gasteiger partial charge on any atom is -0.350 e. The number of carbonyl (C=O) groups is 1. The minimum atomic E-state index is 0.0134. The van der Waals surface area contributed by atoms with Crippen LogP contribution >= 0.6 is 0 Å². The molecule has 11 heteroatoms. The van der Waals surface area contributed by atoms with Crippen molar-refractivity contribution >= 4 is 39.9 Å². The third-order valence-corrected chi connectivity index (χ3v) is 8.63. The monoisotopic (exact) mass is 620 g/mol. The number of anilines is 3. The van der Waals surface area contributed by atoms with Crippen LogP contribution in [0.4, 0.5) is 17.6 Å². The van der Waals surface area contributed by atoms with Crippen molar-refractivity contribution in [3.63, 3.8) is 0 Å². The molecule has 1 aliphatic rings. The molecule has 11 nitrogen and oxygen atoms in total. The lowest BCUT2D eigenvalue weighted by Crippen LogP contribution is -2.40. The van der Waals surface area contributed by atoms with E-state index in [0.717, 1.165) is 83.4 Å². The third-order valence-electron chi connectivity index (χ3n) is 8.63. The van der Waals surface area contributed by atoms with Gasteiger partial charge in [0.2, 0.25) is 17.8 Å². The smallest absolute Gasteiger partial charge is 0.230 e.